The van der Waals surface area contributed by atoms with Crippen LogP contribution in [0.3, 0.4) is 0 Å². The molecule has 2 aromatic rings. The average molecular weight is 343 g/mol. The number of aryl methyl sites for hydroxylation is 1. The van der Waals surface area contributed by atoms with Gasteiger partial charge >= 0.3 is 5.97 Å². The van der Waals surface area contributed by atoms with Crippen molar-refractivity contribution in [1.29, 1.82) is 0 Å². The maximum Gasteiger partial charge on any atom is 0.303 e. The molecule has 0 amide bonds. The zero-order chi connectivity index (χ0) is 17.8. The number of fused-ring (bicyclic) bond motifs is 1. The van der Waals surface area contributed by atoms with Crippen molar-refractivity contribution < 1.29 is 19.7 Å². The van der Waals surface area contributed by atoms with E-state index < -0.39 is 12.2 Å². The number of aromatic nitrogens is 2. The van der Waals surface area contributed by atoms with Gasteiger partial charge in [0.2, 0.25) is 5.88 Å². The van der Waals surface area contributed by atoms with Gasteiger partial charge in [-0.15, -0.1) is 0 Å². The minimum atomic E-state index is -0.850. The molecule has 7 nitrogen and oxygen atoms in total. The third-order valence-corrected chi connectivity index (χ3v) is 4.10. The Morgan fingerprint density at radius 2 is 2.12 bits per heavy atom. The van der Waals surface area contributed by atoms with Crippen molar-refractivity contribution in [2.24, 2.45) is 4.99 Å². The number of ether oxygens (including phenoxy) is 1. The molecule has 132 valence electrons. The highest BCUT2D eigenvalue weighted by molar-refractivity contribution is 6.00. The van der Waals surface area contributed by atoms with Crippen molar-refractivity contribution in [1.82, 2.24) is 9.55 Å². The minimum absolute atomic E-state index is 0.0526. The molecule has 0 radical (unpaired) electrons. The first kappa shape index (κ1) is 17.2. The molecule has 0 aliphatic carbocycles. The summed E-state index contributed by atoms with van der Waals surface area (Å²) in [6, 6.07) is 9.96. The molecular formula is C18H21N3O4. The quantitative estimate of drug-likeness (QED) is 0.752. The van der Waals surface area contributed by atoms with E-state index in [-0.39, 0.29) is 18.9 Å². The lowest BCUT2D eigenvalue weighted by Gasteiger charge is -2.25. The van der Waals surface area contributed by atoms with Gasteiger partial charge in [0.1, 0.15) is 0 Å². The van der Waals surface area contributed by atoms with E-state index in [0.717, 1.165) is 11.3 Å². The van der Waals surface area contributed by atoms with Crippen LogP contribution in [0.1, 0.15) is 36.2 Å². The molecule has 2 heterocycles. The number of aromatic hydroxyl groups is 1. The van der Waals surface area contributed by atoms with Crippen molar-refractivity contribution in [3.63, 3.8) is 0 Å². The second-order valence-electron chi connectivity index (χ2n) is 5.99. The fourth-order valence-corrected chi connectivity index (χ4v) is 2.85. The lowest BCUT2D eigenvalue weighted by atomic mass is 10.1. The Kier molecular flexibility index (Phi) is 5.14. The third kappa shape index (κ3) is 3.88. The summed E-state index contributed by atoms with van der Waals surface area (Å²) in [4.78, 5) is 19.6. The van der Waals surface area contributed by atoms with Gasteiger partial charge in [-0.3, -0.25) is 14.4 Å². The summed E-state index contributed by atoms with van der Waals surface area (Å²) < 4.78 is 7.40. The molecule has 3 rings (SSSR count). The summed E-state index contributed by atoms with van der Waals surface area (Å²) in [6.07, 6.45) is 0.625. The van der Waals surface area contributed by atoms with E-state index >= 15 is 0 Å². The summed E-state index contributed by atoms with van der Waals surface area (Å²) in [5, 5.41) is 19.1. The van der Waals surface area contributed by atoms with Crippen molar-refractivity contribution in [3.8, 4) is 5.88 Å². The molecule has 0 fully saturated rings. The first-order valence-electron chi connectivity index (χ1n) is 8.25. The highest BCUT2D eigenvalue weighted by atomic mass is 16.5. The molecule has 1 atom stereocenters. The standard InChI is InChI=1S/C18H21N3O4/c1-12-18(24)21-15(25-9-5-8-16(22)23)11-19-14(17(21)20-12)10-13-6-3-2-4-7-13/h2-4,6-7,15,24H,5,8-11H2,1H3,(H,22,23). The number of carboxylic acids is 1. The van der Waals surface area contributed by atoms with Gasteiger partial charge in [0.25, 0.3) is 0 Å². The average Bonchev–Trinajstić information content (AvgIpc) is 2.90. The van der Waals surface area contributed by atoms with E-state index in [0.29, 0.717) is 30.9 Å². The summed E-state index contributed by atoms with van der Waals surface area (Å²) in [5.74, 6) is -0.176. The predicted octanol–water partition coefficient (Wildman–Crippen LogP) is 2.32. The third-order valence-electron chi connectivity index (χ3n) is 4.10. The zero-order valence-electron chi connectivity index (χ0n) is 14.1. The summed E-state index contributed by atoms with van der Waals surface area (Å²) in [7, 11) is 0. The molecule has 1 aromatic carbocycles. The van der Waals surface area contributed by atoms with Crippen molar-refractivity contribution in [3.05, 3.63) is 47.4 Å². The van der Waals surface area contributed by atoms with Gasteiger partial charge in [0.05, 0.1) is 18.0 Å². The van der Waals surface area contributed by atoms with Gasteiger partial charge in [-0.2, -0.15) is 0 Å². The first-order chi connectivity index (χ1) is 12.1. The Hall–Kier alpha value is -2.67. The molecule has 0 bridgehead atoms. The number of rotatable bonds is 7. The number of aliphatic imine (C=N–C) groups is 1. The Labute approximate surface area is 145 Å². The van der Waals surface area contributed by atoms with Gasteiger partial charge in [-0.05, 0) is 18.9 Å². The van der Waals surface area contributed by atoms with E-state index in [9.17, 15) is 9.90 Å². The fraction of sp³-hybridized carbons (Fsp3) is 0.389. The Morgan fingerprint density at radius 3 is 2.84 bits per heavy atom. The van der Waals surface area contributed by atoms with E-state index in [2.05, 4.69) is 9.98 Å². The fourth-order valence-electron chi connectivity index (χ4n) is 2.85. The highest BCUT2D eigenvalue weighted by Crippen LogP contribution is 2.29. The monoisotopic (exact) mass is 343 g/mol. The topological polar surface area (TPSA) is 96.9 Å². The van der Waals surface area contributed by atoms with Gasteiger partial charge in [-0.25, -0.2) is 4.98 Å². The van der Waals surface area contributed by atoms with Crippen LogP contribution in [0.4, 0.5) is 0 Å². The number of nitrogens with zero attached hydrogens (tertiary/aromatic N) is 3. The molecule has 7 heteroatoms. The molecule has 0 spiro atoms. The largest absolute Gasteiger partial charge is 0.493 e. The van der Waals surface area contributed by atoms with Crippen LogP contribution in [0.25, 0.3) is 0 Å². The number of aliphatic carboxylic acids is 1. The van der Waals surface area contributed by atoms with Crippen LogP contribution in [0.5, 0.6) is 5.88 Å². The predicted molar refractivity (Wildman–Crippen MR) is 92.0 cm³/mol. The van der Waals surface area contributed by atoms with E-state index in [1.165, 1.54) is 0 Å². The number of carbonyl (C=O) groups is 1. The summed E-state index contributed by atoms with van der Waals surface area (Å²) >= 11 is 0. The van der Waals surface area contributed by atoms with Crippen LogP contribution in [0.2, 0.25) is 0 Å². The molecule has 1 aromatic heterocycles. The molecule has 1 unspecified atom stereocenters. The van der Waals surface area contributed by atoms with Gasteiger partial charge in [-0.1, -0.05) is 30.3 Å². The van der Waals surface area contributed by atoms with Crippen LogP contribution in [0.15, 0.2) is 35.3 Å². The smallest absolute Gasteiger partial charge is 0.303 e. The first-order valence-corrected chi connectivity index (χ1v) is 8.25. The number of imidazole rings is 1. The Morgan fingerprint density at radius 1 is 1.36 bits per heavy atom. The number of benzene rings is 1. The Bertz CT molecular complexity index is 783. The summed E-state index contributed by atoms with van der Waals surface area (Å²) in [5.41, 5.74) is 2.45. The van der Waals surface area contributed by atoms with Crippen molar-refractivity contribution in [2.75, 3.05) is 13.2 Å². The molecule has 25 heavy (non-hydrogen) atoms. The van der Waals surface area contributed by atoms with E-state index in [4.69, 9.17) is 9.84 Å². The number of hydrogen-bond donors (Lipinski definition) is 2. The van der Waals surface area contributed by atoms with E-state index in [1.807, 2.05) is 30.3 Å². The van der Waals surface area contributed by atoms with Crippen LogP contribution in [-0.2, 0) is 16.0 Å². The maximum absolute atomic E-state index is 10.6. The lowest BCUT2D eigenvalue weighted by molar-refractivity contribution is -0.137. The van der Waals surface area contributed by atoms with Crippen molar-refractivity contribution >= 4 is 11.7 Å². The lowest BCUT2D eigenvalue weighted by Crippen LogP contribution is -2.27. The molecule has 0 saturated heterocycles. The number of carboxylic acid groups (broad SMARTS) is 1. The second kappa shape index (κ2) is 7.48. The van der Waals surface area contributed by atoms with Crippen LogP contribution >= 0.6 is 0 Å². The molecule has 1 aliphatic rings. The highest BCUT2D eigenvalue weighted by Gasteiger charge is 2.28. The SMILES string of the molecule is Cc1nc2n(c1O)C(OCCCC(=O)O)CN=C2Cc1ccccc1. The van der Waals surface area contributed by atoms with Gasteiger partial charge < -0.3 is 14.9 Å². The van der Waals surface area contributed by atoms with Gasteiger partial charge in [0.15, 0.2) is 12.1 Å². The van der Waals surface area contributed by atoms with Crippen LogP contribution < -0.4 is 0 Å². The minimum Gasteiger partial charge on any atom is -0.493 e. The molecule has 1 aliphatic heterocycles. The van der Waals surface area contributed by atoms with Gasteiger partial charge in [0, 0.05) is 19.4 Å². The molecular weight excluding hydrogens is 322 g/mol. The normalized spacial score (nSPS) is 16.4. The molecule has 2 N–H and O–H groups in total. The van der Waals surface area contributed by atoms with Crippen LogP contribution in [-0.4, -0.2) is 44.6 Å². The summed E-state index contributed by atoms with van der Waals surface area (Å²) in [6.45, 7) is 2.39. The van der Waals surface area contributed by atoms with E-state index in [1.54, 1.807) is 11.5 Å². The Balaban J connectivity index is 1.77. The number of hydrogen-bond acceptors (Lipinski definition) is 5. The van der Waals surface area contributed by atoms with Crippen LogP contribution in [0, 0.1) is 6.92 Å². The second-order valence-corrected chi connectivity index (χ2v) is 5.99. The maximum atomic E-state index is 10.6. The zero-order valence-corrected chi connectivity index (χ0v) is 14.1. The molecule has 0 saturated carbocycles. The van der Waals surface area contributed by atoms with Crippen molar-refractivity contribution in [2.45, 2.75) is 32.4 Å².